The summed E-state index contributed by atoms with van der Waals surface area (Å²) in [6.45, 7) is 8.37. The van der Waals surface area contributed by atoms with E-state index < -0.39 is 5.38 Å². The normalized spacial score (nSPS) is 13.3. The van der Waals surface area contributed by atoms with E-state index in [-0.39, 0.29) is 11.2 Å². The molecule has 0 heterocycles. The van der Waals surface area contributed by atoms with Crippen LogP contribution < -0.4 is 0 Å². The smallest absolute Gasteiger partial charge is 0.128 e. The Bertz CT molecular complexity index is 594. The first-order valence-corrected chi connectivity index (χ1v) is 7.23. The third kappa shape index (κ3) is 3.21. The molecule has 0 aliphatic rings. The Morgan fingerprint density at radius 3 is 2.10 bits per heavy atom. The van der Waals surface area contributed by atoms with Crippen LogP contribution in [-0.4, -0.2) is 0 Å². The molecule has 1 unspecified atom stereocenters. The van der Waals surface area contributed by atoms with Gasteiger partial charge in [0.15, 0.2) is 0 Å². The molecule has 0 saturated carbocycles. The van der Waals surface area contributed by atoms with Gasteiger partial charge in [0, 0.05) is 5.56 Å². The highest BCUT2D eigenvalue weighted by molar-refractivity contribution is 6.22. The molecule has 0 aliphatic heterocycles. The van der Waals surface area contributed by atoms with E-state index in [2.05, 4.69) is 32.9 Å². The number of alkyl halides is 1. The minimum atomic E-state index is -0.454. The minimum absolute atomic E-state index is 0.107. The summed E-state index contributed by atoms with van der Waals surface area (Å²) in [6, 6.07) is 13.3. The second-order valence-corrected chi connectivity index (χ2v) is 6.70. The maximum absolute atomic E-state index is 14.0. The Morgan fingerprint density at radius 1 is 1.00 bits per heavy atom. The van der Waals surface area contributed by atoms with E-state index in [4.69, 9.17) is 11.6 Å². The number of halogens is 2. The number of aryl methyl sites for hydroxylation is 1. The lowest BCUT2D eigenvalue weighted by atomic mass is 9.86. The first kappa shape index (κ1) is 15.1. The van der Waals surface area contributed by atoms with Crippen molar-refractivity contribution in [2.45, 2.75) is 38.5 Å². The third-order valence-electron chi connectivity index (χ3n) is 3.50. The molecule has 2 aromatic carbocycles. The Labute approximate surface area is 125 Å². The molecule has 0 nitrogen and oxygen atoms in total. The molecule has 0 aliphatic carbocycles. The van der Waals surface area contributed by atoms with Crippen molar-refractivity contribution in [1.82, 2.24) is 0 Å². The number of benzene rings is 2. The van der Waals surface area contributed by atoms with Crippen LogP contribution in [0.4, 0.5) is 4.39 Å². The van der Waals surface area contributed by atoms with E-state index in [0.717, 1.165) is 11.1 Å². The molecule has 0 spiro atoms. The van der Waals surface area contributed by atoms with Crippen molar-refractivity contribution < 1.29 is 4.39 Å². The topological polar surface area (TPSA) is 0 Å². The summed E-state index contributed by atoms with van der Waals surface area (Å²) in [5.74, 6) is -0.245. The Kier molecular flexibility index (Phi) is 4.19. The number of rotatable bonds is 2. The van der Waals surface area contributed by atoms with Crippen LogP contribution in [-0.2, 0) is 5.41 Å². The van der Waals surface area contributed by atoms with Gasteiger partial charge in [0.1, 0.15) is 5.82 Å². The largest absolute Gasteiger partial charge is 0.207 e. The average molecular weight is 291 g/mol. The highest BCUT2D eigenvalue weighted by Gasteiger charge is 2.17. The monoisotopic (exact) mass is 290 g/mol. The maximum atomic E-state index is 14.0. The predicted octanol–water partition coefficient (Wildman–Crippen LogP) is 5.76. The van der Waals surface area contributed by atoms with Crippen LogP contribution in [0.5, 0.6) is 0 Å². The molecule has 2 rings (SSSR count). The summed E-state index contributed by atoms with van der Waals surface area (Å²) in [5, 5.41) is -0.454. The van der Waals surface area contributed by atoms with Crippen LogP contribution in [0.3, 0.4) is 0 Å². The van der Waals surface area contributed by atoms with Gasteiger partial charge >= 0.3 is 0 Å². The highest BCUT2D eigenvalue weighted by Crippen LogP contribution is 2.32. The maximum Gasteiger partial charge on any atom is 0.128 e. The van der Waals surface area contributed by atoms with Gasteiger partial charge in [0.05, 0.1) is 5.38 Å². The van der Waals surface area contributed by atoms with Crippen LogP contribution in [0.25, 0.3) is 0 Å². The molecule has 2 aromatic rings. The summed E-state index contributed by atoms with van der Waals surface area (Å²) in [7, 11) is 0. The molecule has 1 atom stereocenters. The highest BCUT2D eigenvalue weighted by atomic mass is 35.5. The lowest BCUT2D eigenvalue weighted by Crippen LogP contribution is -2.10. The first-order valence-electron chi connectivity index (χ1n) is 6.79. The zero-order chi connectivity index (χ0) is 14.9. The summed E-state index contributed by atoms with van der Waals surface area (Å²) in [4.78, 5) is 0. The van der Waals surface area contributed by atoms with Crippen molar-refractivity contribution in [3.05, 3.63) is 70.5 Å². The number of hydrogen-bond acceptors (Lipinski definition) is 0. The summed E-state index contributed by atoms with van der Waals surface area (Å²) < 4.78 is 14.0. The van der Waals surface area contributed by atoms with Crippen LogP contribution in [0.2, 0.25) is 0 Å². The molecule has 2 heteroatoms. The predicted molar refractivity (Wildman–Crippen MR) is 84.0 cm³/mol. The van der Waals surface area contributed by atoms with E-state index >= 15 is 0 Å². The lowest BCUT2D eigenvalue weighted by molar-refractivity contribution is 0.589. The fourth-order valence-electron chi connectivity index (χ4n) is 2.17. The zero-order valence-electron chi connectivity index (χ0n) is 12.4. The van der Waals surface area contributed by atoms with Crippen molar-refractivity contribution in [3.63, 3.8) is 0 Å². The standard InChI is InChI=1S/C18H20ClF/c1-12-5-10-15(16(20)11-12)17(19)13-6-8-14(9-7-13)18(2,3)4/h5-11,17H,1-4H3. The van der Waals surface area contributed by atoms with Crippen LogP contribution in [0.1, 0.15) is 48.4 Å². The van der Waals surface area contributed by atoms with Crippen molar-refractivity contribution in [2.24, 2.45) is 0 Å². The molecule has 20 heavy (non-hydrogen) atoms. The van der Waals surface area contributed by atoms with Crippen LogP contribution >= 0.6 is 11.6 Å². The molecular weight excluding hydrogens is 271 g/mol. The molecule has 0 amide bonds. The first-order chi connectivity index (χ1) is 9.29. The lowest BCUT2D eigenvalue weighted by Gasteiger charge is -2.20. The summed E-state index contributed by atoms with van der Waals surface area (Å²) >= 11 is 6.42. The second-order valence-electron chi connectivity index (χ2n) is 6.26. The second kappa shape index (κ2) is 5.57. The fraction of sp³-hybridized carbons (Fsp3) is 0.333. The van der Waals surface area contributed by atoms with Crippen molar-refractivity contribution in [3.8, 4) is 0 Å². The Hall–Kier alpha value is -1.34. The molecule has 0 bridgehead atoms. The minimum Gasteiger partial charge on any atom is -0.207 e. The van der Waals surface area contributed by atoms with Gasteiger partial charge in [-0.1, -0.05) is 57.2 Å². The fourth-order valence-corrected chi connectivity index (χ4v) is 2.49. The quantitative estimate of drug-likeness (QED) is 0.617. The van der Waals surface area contributed by atoms with Crippen molar-refractivity contribution in [2.75, 3.05) is 0 Å². The zero-order valence-corrected chi connectivity index (χ0v) is 13.1. The van der Waals surface area contributed by atoms with Crippen molar-refractivity contribution >= 4 is 11.6 Å². The van der Waals surface area contributed by atoms with Crippen LogP contribution in [0, 0.1) is 12.7 Å². The van der Waals surface area contributed by atoms with E-state index in [1.165, 1.54) is 11.6 Å². The van der Waals surface area contributed by atoms with Gasteiger partial charge < -0.3 is 0 Å². The molecule has 0 N–H and O–H groups in total. The summed E-state index contributed by atoms with van der Waals surface area (Å²) in [5.41, 5.74) is 3.70. The molecule has 0 fully saturated rings. The van der Waals surface area contributed by atoms with Gasteiger partial charge in [-0.15, -0.1) is 11.6 Å². The van der Waals surface area contributed by atoms with E-state index in [0.29, 0.717) is 5.56 Å². The molecule has 106 valence electrons. The van der Waals surface area contributed by atoms with Gasteiger partial charge in [-0.2, -0.15) is 0 Å². The Morgan fingerprint density at radius 2 is 1.60 bits per heavy atom. The molecule has 0 aromatic heterocycles. The molecule has 0 saturated heterocycles. The van der Waals surface area contributed by atoms with Crippen LogP contribution in [0.15, 0.2) is 42.5 Å². The molecular formula is C18H20ClF. The number of hydrogen-bond donors (Lipinski definition) is 0. The molecule has 0 radical (unpaired) electrons. The summed E-state index contributed by atoms with van der Waals surface area (Å²) in [6.07, 6.45) is 0. The SMILES string of the molecule is Cc1ccc(C(Cl)c2ccc(C(C)(C)C)cc2)c(F)c1. The van der Waals surface area contributed by atoms with Gasteiger partial charge in [-0.25, -0.2) is 4.39 Å². The van der Waals surface area contributed by atoms with E-state index in [9.17, 15) is 4.39 Å². The van der Waals surface area contributed by atoms with Gasteiger partial charge in [-0.05, 0) is 35.1 Å². The van der Waals surface area contributed by atoms with E-state index in [1.54, 1.807) is 6.07 Å². The van der Waals surface area contributed by atoms with Gasteiger partial charge in [0.25, 0.3) is 0 Å². The van der Waals surface area contributed by atoms with E-state index in [1.807, 2.05) is 25.1 Å². The van der Waals surface area contributed by atoms with Crippen molar-refractivity contribution in [1.29, 1.82) is 0 Å². The third-order valence-corrected chi connectivity index (χ3v) is 3.99. The van der Waals surface area contributed by atoms with Gasteiger partial charge in [-0.3, -0.25) is 0 Å². The Balaban J connectivity index is 2.31. The van der Waals surface area contributed by atoms with Gasteiger partial charge in [0.2, 0.25) is 0 Å². The average Bonchev–Trinajstić information content (AvgIpc) is 2.37.